The number of aliphatic hydroxyl groups excluding tert-OH is 1. The summed E-state index contributed by atoms with van der Waals surface area (Å²) in [6, 6.07) is 9.73. The molecule has 2 N–H and O–H groups in total. The van der Waals surface area contributed by atoms with Gasteiger partial charge in [-0.1, -0.05) is 12.1 Å². The van der Waals surface area contributed by atoms with Crippen molar-refractivity contribution in [2.24, 2.45) is 0 Å². The van der Waals surface area contributed by atoms with E-state index in [1.165, 1.54) is 12.1 Å². The van der Waals surface area contributed by atoms with Gasteiger partial charge in [0.15, 0.2) is 0 Å². The molecule has 0 aliphatic carbocycles. The van der Waals surface area contributed by atoms with Crippen LogP contribution in [0, 0.1) is 6.92 Å². The zero-order valence-electron chi connectivity index (χ0n) is 11.4. The highest BCUT2D eigenvalue weighted by molar-refractivity contribution is 9.10. The number of aliphatic hydroxyl groups is 1. The second kappa shape index (κ2) is 6.55. The molecule has 0 saturated heterocycles. The second-order valence-corrected chi connectivity index (χ2v) is 7.02. The number of pyridine rings is 1. The van der Waals surface area contributed by atoms with Gasteiger partial charge in [-0.05, 0) is 59.1 Å². The summed E-state index contributed by atoms with van der Waals surface area (Å²) in [5.41, 5.74) is 1.59. The van der Waals surface area contributed by atoms with Crippen LogP contribution in [-0.2, 0) is 16.4 Å². The molecule has 5 nitrogen and oxygen atoms in total. The van der Waals surface area contributed by atoms with E-state index in [-0.39, 0.29) is 17.3 Å². The average molecular weight is 371 g/mol. The number of hydrogen-bond donors (Lipinski definition) is 2. The number of rotatable bonds is 5. The smallest absolute Gasteiger partial charge is 0.263 e. The van der Waals surface area contributed by atoms with Crippen LogP contribution in [0.5, 0.6) is 0 Å². The monoisotopic (exact) mass is 370 g/mol. The Morgan fingerprint density at radius 1 is 1.19 bits per heavy atom. The molecule has 1 aromatic heterocycles. The first-order chi connectivity index (χ1) is 9.92. The standard InChI is InChI=1S/C14H15BrN2O3S/c1-10-13(15)6-7-14(16-10)17-21(19,20)12-4-2-11(3-5-12)8-9-18/h2-7,18H,8-9H2,1H3,(H,16,17). The van der Waals surface area contributed by atoms with Crippen LogP contribution in [-0.4, -0.2) is 25.1 Å². The molecule has 0 saturated carbocycles. The minimum absolute atomic E-state index is 0.0342. The molecule has 0 bridgehead atoms. The van der Waals surface area contributed by atoms with Gasteiger partial charge < -0.3 is 5.11 Å². The van der Waals surface area contributed by atoms with Gasteiger partial charge in [0.05, 0.1) is 10.6 Å². The van der Waals surface area contributed by atoms with E-state index < -0.39 is 10.0 Å². The van der Waals surface area contributed by atoms with E-state index in [0.717, 1.165) is 10.0 Å². The van der Waals surface area contributed by atoms with E-state index in [0.29, 0.717) is 12.1 Å². The lowest BCUT2D eigenvalue weighted by Crippen LogP contribution is -2.14. The lowest BCUT2D eigenvalue weighted by Gasteiger charge is -2.09. The Balaban J connectivity index is 2.23. The summed E-state index contributed by atoms with van der Waals surface area (Å²) in [6.07, 6.45) is 0.501. The summed E-state index contributed by atoms with van der Waals surface area (Å²) in [6.45, 7) is 1.82. The summed E-state index contributed by atoms with van der Waals surface area (Å²) in [4.78, 5) is 4.32. The highest BCUT2D eigenvalue weighted by Crippen LogP contribution is 2.19. The molecule has 2 aromatic rings. The first kappa shape index (κ1) is 15.9. The predicted molar refractivity (Wildman–Crippen MR) is 84.7 cm³/mol. The quantitative estimate of drug-likeness (QED) is 0.847. The van der Waals surface area contributed by atoms with Crippen LogP contribution in [0.4, 0.5) is 5.82 Å². The molecule has 0 aliphatic rings. The van der Waals surface area contributed by atoms with Gasteiger partial charge >= 0.3 is 0 Å². The van der Waals surface area contributed by atoms with Crippen molar-refractivity contribution in [1.82, 2.24) is 4.98 Å². The van der Waals surface area contributed by atoms with Crippen LogP contribution in [0.25, 0.3) is 0 Å². The minimum Gasteiger partial charge on any atom is -0.396 e. The third-order valence-corrected chi connectivity index (χ3v) is 5.10. The van der Waals surface area contributed by atoms with Crippen molar-refractivity contribution in [2.45, 2.75) is 18.2 Å². The molecule has 7 heteroatoms. The van der Waals surface area contributed by atoms with Gasteiger partial charge in [0.1, 0.15) is 5.82 Å². The van der Waals surface area contributed by atoms with E-state index in [4.69, 9.17) is 5.11 Å². The Kier molecular flexibility index (Phi) is 4.97. The summed E-state index contributed by atoms with van der Waals surface area (Å²) < 4.78 is 27.8. The largest absolute Gasteiger partial charge is 0.396 e. The first-order valence-corrected chi connectivity index (χ1v) is 8.56. The van der Waals surface area contributed by atoms with Crippen molar-refractivity contribution < 1.29 is 13.5 Å². The van der Waals surface area contributed by atoms with Gasteiger partial charge in [-0.15, -0.1) is 0 Å². The van der Waals surface area contributed by atoms with Crippen LogP contribution in [0.2, 0.25) is 0 Å². The van der Waals surface area contributed by atoms with Crippen molar-refractivity contribution in [3.63, 3.8) is 0 Å². The van der Waals surface area contributed by atoms with E-state index in [1.807, 2.05) is 0 Å². The molecule has 0 amide bonds. The first-order valence-electron chi connectivity index (χ1n) is 6.28. The van der Waals surface area contributed by atoms with E-state index >= 15 is 0 Å². The topological polar surface area (TPSA) is 79.3 Å². The maximum Gasteiger partial charge on any atom is 0.263 e. The Morgan fingerprint density at radius 2 is 1.86 bits per heavy atom. The number of nitrogens with zero attached hydrogens (tertiary/aromatic N) is 1. The minimum atomic E-state index is -3.66. The fraction of sp³-hybridized carbons (Fsp3) is 0.214. The average Bonchev–Trinajstić information content (AvgIpc) is 2.44. The fourth-order valence-corrected chi connectivity index (χ4v) is 2.98. The summed E-state index contributed by atoms with van der Waals surface area (Å²) in [5, 5.41) is 8.85. The molecule has 0 spiro atoms. The van der Waals surface area contributed by atoms with Crippen molar-refractivity contribution in [1.29, 1.82) is 0 Å². The number of nitrogens with one attached hydrogen (secondary N) is 1. The van der Waals surface area contributed by atoms with Crippen LogP contribution < -0.4 is 4.72 Å². The molecular weight excluding hydrogens is 356 g/mol. The Hall–Kier alpha value is -1.44. The zero-order chi connectivity index (χ0) is 15.5. The van der Waals surface area contributed by atoms with Gasteiger partial charge in [-0.2, -0.15) is 0 Å². The van der Waals surface area contributed by atoms with Crippen molar-refractivity contribution in [2.75, 3.05) is 11.3 Å². The van der Waals surface area contributed by atoms with E-state index in [1.54, 1.807) is 31.2 Å². The number of hydrogen-bond acceptors (Lipinski definition) is 4. The molecule has 0 aliphatic heterocycles. The summed E-state index contributed by atoms with van der Waals surface area (Å²) >= 11 is 3.32. The molecule has 1 heterocycles. The lowest BCUT2D eigenvalue weighted by atomic mass is 10.2. The van der Waals surface area contributed by atoms with Gasteiger partial charge in [-0.3, -0.25) is 4.72 Å². The van der Waals surface area contributed by atoms with Crippen molar-refractivity contribution in [3.05, 3.63) is 52.1 Å². The van der Waals surface area contributed by atoms with Crippen LogP contribution >= 0.6 is 15.9 Å². The van der Waals surface area contributed by atoms with Gasteiger partial charge in [0.25, 0.3) is 10.0 Å². The number of halogens is 1. The highest BCUT2D eigenvalue weighted by atomic mass is 79.9. The third kappa shape index (κ3) is 4.03. The van der Waals surface area contributed by atoms with Gasteiger partial charge in [0.2, 0.25) is 0 Å². The summed E-state index contributed by atoms with van der Waals surface area (Å²) in [5.74, 6) is 0.273. The molecule has 0 radical (unpaired) electrons. The lowest BCUT2D eigenvalue weighted by molar-refractivity contribution is 0.299. The molecule has 2 rings (SSSR count). The Bertz CT molecular complexity index is 730. The molecule has 0 fully saturated rings. The van der Waals surface area contributed by atoms with Crippen molar-refractivity contribution >= 4 is 31.8 Å². The molecular formula is C14H15BrN2O3S. The molecule has 1 aromatic carbocycles. The second-order valence-electron chi connectivity index (χ2n) is 4.49. The zero-order valence-corrected chi connectivity index (χ0v) is 13.8. The maximum atomic E-state index is 12.3. The van der Waals surface area contributed by atoms with E-state index in [2.05, 4.69) is 25.6 Å². The maximum absolute atomic E-state index is 12.3. The summed E-state index contributed by atoms with van der Waals surface area (Å²) in [7, 11) is -3.66. The molecule has 0 unspecified atom stereocenters. The van der Waals surface area contributed by atoms with Crippen LogP contribution in [0.15, 0.2) is 45.8 Å². The number of sulfonamides is 1. The van der Waals surface area contributed by atoms with Crippen LogP contribution in [0.1, 0.15) is 11.3 Å². The van der Waals surface area contributed by atoms with Gasteiger partial charge in [0, 0.05) is 11.1 Å². The number of aromatic nitrogens is 1. The molecule has 0 atom stereocenters. The predicted octanol–water partition coefficient (Wildman–Crippen LogP) is 2.49. The van der Waals surface area contributed by atoms with E-state index in [9.17, 15) is 8.42 Å². The number of benzene rings is 1. The number of anilines is 1. The SMILES string of the molecule is Cc1nc(NS(=O)(=O)c2ccc(CCO)cc2)ccc1Br. The van der Waals surface area contributed by atoms with Crippen LogP contribution in [0.3, 0.4) is 0 Å². The normalized spacial score (nSPS) is 11.4. The Morgan fingerprint density at radius 3 is 2.43 bits per heavy atom. The molecule has 21 heavy (non-hydrogen) atoms. The van der Waals surface area contributed by atoms with Gasteiger partial charge in [-0.25, -0.2) is 13.4 Å². The molecule has 112 valence electrons. The number of aryl methyl sites for hydroxylation is 1. The fourth-order valence-electron chi connectivity index (χ4n) is 1.76. The van der Waals surface area contributed by atoms with Crippen molar-refractivity contribution in [3.8, 4) is 0 Å². The highest BCUT2D eigenvalue weighted by Gasteiger charge is 2.15. The Labute approximate surface area is 132 Å². The third-order valence-electron chi connectivity index (χ3n) is 2.89.